The predicted molar refractivity (Wildman–Crippen MR) is 63.0 cm³/mol. The molecular formula is C10H8BF3KNOS. The van der Waals surface area contributed by atoms with Gasteiger partial charge in [-0.3, -0.25) is 0 Å². The number of para-hydroxylation sites is 2. The van der Waals surface area contributed by atoms with Gasteiger partial charge in [-0.25, -0.2) is 4.98 Å². The van der Waals surface area contributed by atoms with E-state index >= 15 is 0 Å². The van der Waals surface area contributed by atoms with E-state index in [0.29, 0.717) is 11.1 Å². The van der Waals surface area contributed by atoms with Gasteiger partial charge in [0, 0.05) is 0 Å². The molecule has 1 aromatic carbocycles. The standard InChI is InChI=1S/C10H8BF3NOS.K/c1-7(11(12,13)14)6-17-10-15-8-4-2-3-5-9(8)16-10;/h2-5H,1,6H2;/q-1;+1. The Balaban J connectivity index is 0.00000162. The third kappa shape index (κ3) is 4.14. The summed E-state index contributed by atoms with van der Waals surface area (Å²) in [5.41, 5.74) is 0.466. The number of halogens is 3. The number of oxazole rings is 1. The maximum absolute atomic E-state index is 12.3. The Kier molecular flexibility index (Phi) is 6.01. The summed E-state index contributed by atoms with van der Waals surface area (Å²) in [6, 6.07) is 7.02. The second kappa shape index (κ2) is 6.63. The van der Waals surface area contributed by atoms with Crippen LogP contribution >= 0.6 is 11.8 Å². The summed E-state index contributed by atoms with van der Waals surface area (Å²) in [5, 5.41) is 0.229. The van der Waals surface area contributed by atoms with Crippen LogP contribution in [0.4, 0.5) is 12.9 Å². The van der Waals surface area contributed by atoms with E-state index in [4.69, 9.17) is 4.42 Å². The molecule has 0 bridgehead atoms. The van der Waals surface area contributed by atoms with E-state index in [1.165, 1.54) is 0 Å². The topological polar surface area (TPSA) is 26.0 Å². The van der Waals surface area contributed by atoms with Crippen molar-refractivity contribution < 1.29 is 68.7 Å². The van der Waals surface area contributed by atoms with Gasteiger partial charge in [0.15, 0.2) is 5.58 Å². The van der Waals surface area contributed by atoms with Crippen LogP contribution in [0.5, 0.6) is 0 Å². The van der Waals surface area contributed by atoms with Gasteiger partial charge in [-0.1, -0.05) is 23.9 Å². The van der Waals surface area contributed by atoms with E-state index in [9.17, 15) is 12.9 Å². The number of fused-ring (bicyclic) bond motifs is 1. The number of nitrogens with zero attached hydrogens (tertiary/aromatic N) is 1. The third-order valence-corrected chi connectivity index (χ3v) is 3.05. The van der Waals surface area contributed by atoms with Crippen LogP contribution in [0.25, 0.3) is 11.1 Å². The Hall–Kier alpha value is 0.271. The van der Waals surface area contributed by atoms with Crippen molar-refractivity contribution in [1.29, 1.82) is 0 Å². The van der Waals surface area contributed by atoms with E-state index in [1.807, 2.05) is 0 Å². The molecule has 90 valence electrons. The molecule has 0 saturated heterocycles. The SMILES string of the molecule is C=C(CSc1nc2ccccc2o1)[B-](F)(F)F.[K+]. The van der Waals surface area contributed by atoms with Crippen LogP contribution in [0.2, 0.25) is 0 Å². The minimum atomic E-state index is -4.98. The summed E-state index contributed by atoms with van der Waals surface area (Å²) in [6.45, 7) is -1.97. The van der Waals surface area contributed by atoms with Gasteiger partial charge in [0.05, 0.1) is 0 Å². The molecule has 0 aliphatic rings. The predicted octanol–water partition coefficient (Wildman–Crippen LogP) is 0.867. The van der Waals surface area contributed by atoms with Gasteiger partial charge in [-0.05, 0) is 17.9 Å². The van der Waals surface area contributed by atoms with Crippen LogP contribution in [-0.2, 0) is 0 Å². The quantitative estimate of drug-likeness (QED) is 0.618. The van der Waals surface area contributed by atoms with Crippen LogP contribution in [0.15, 0.2) is 46.0 Å². The number of hydrogen-bond acceptors (Lipinski definition) is 3. The average Bonchev–Trinajstić information content (AvgIpc) is 2.66. The molecule has 0 radical (unpaired) electrons. The van der Waals surface area contributed by atoms with E-state index < -0.39 is 12.4 Å². The second-order valence-corrected chi connectivity index (χ2v) is 4.40. The number of rotatable bonds is 4. The summed E-state index contributed by atoms with van der Waals surface area (Å²) < 4.78 is 42.0. The Morgan fingerprint density at radius 1 is 1.33 bits per heavy atom. The van der Waals surface area contributed by atoms with Crippen LogP contribution in [0.1, 0.15) is 0 Å². The van der Waals surface area contributed by atoms with Crippen LogP contribution in [0.3, 0.4) is 0 Å². The second-order valence-electron chi connectivity index (χ2n) is 3.47. The van der Waals surface area contributed by atoms with Crippen LogP contribution in [-0.4, -0.2) is 17.7 Å². The molecule has 0 unspecified atom stereocenters. The molecule has 0 atom stereocenters. The fourth-order valence-corrected chi connectivity index (χ4v) is 1.97. The average molecular weight is 297 g/mol. The minimum Gasteiger partial charge on any atom is -0.445 e. The van der Waals surface area contributed by atoms with Crippen molar-refractivity contribution in [3.8, 4) is 0 Å². The maximum Gasteiger partial charge on any atom is 1.00 e. The van der Waals surface area contributed by atoms with Crippen molar-refractivity contribution in [3.05, 3.63) is 36.3 Å². The van der Waals surface area contributed by atoms with E-state index in [-0.39, 0.29) is 62.4 Å². The molecule has 2 nitrogen and oxygen atoms in total. The summed E-state index contributed by atoms with van der Waals surface area (Å²) in [6.07, 6.45) is 0. The Morgan fingerprint density at radius 3 is 2.61 bits per heavy atom. The van der Waals surface area contributed by atoms with Gasteiger partial charge in [-0.2, -0.15) is 0 Å². The molecule has 8 heteroatoms. The molecule has 1 aromatic heterocycles. The van der Waals surface area contributed by atoms with Gasteiger partial charge in [0.25, 0.3) is 5.22 Å². The molecule has 0 fully saturated rings. The van der Waals surface area contributed by atoms with E-state index in [2.05, 4.69) is 11.6 Å². The first-order chi connectivity index (χ1) is 7.97. The van der Waals surface area contributed by atoms with Crippen molar-refractivity contribution in [2.75, 3.05) is 5.75 Å². The fraction of sp³-hybridized carbons (Fsp3) is 0.100. The van der Waals surface area contributed by atoms with Crippen LogP contribution in [0, 0.1) is 0 Å². The largest absolute Gasteiger partial charge is 1.00 e. The first kappa shape index (κ1) is 16.3. The van der Waals surface area contributed by atoms with Gasteiger partial charge < -0.3 is 17.4 Å². The molecule has 0 amide bonds. The molecule has 0 N–H and O–H groups in total. The zero-order chi connectivity index (χ0) is 12.5. The Morgan fingerprint density at radius 2 is 2.00 bits per heavy atom. The molecule has 0 spiro atoms. The number of hydrogen-bond donors (Lipinski definition) is 0. The number of benzene rings is 1. The van der Waals surface area contributed by atoms with Crippen LogP contribution < -0.4 is 51.4 Å². The van der Waals surface area contributed by atoms with Crippen molar-refractivity contribution in [1.82, 2.24) is 4.98 Å². The summed E-state index contributed by atoms with van der Waals surface area (Å²) in [7, 11) is 0. The molecule has 2 aromatic rings. The summed E-state index contributed by atoms with van der Waals surface area (Å²) in [4.78, 5) is 4.06. The zero-order valence-electron chi connectivity index (χ0n) is 9.70. The smallest absolute Gasteiger partial charge is 0.445 e. The third-order valence-electron chi connectivity index (χ3n) is 2.12. The van der Waals surface area contributed by atoms with E-state index in [1.54, 1.807) is 24.3 Å². The van der Waals surface area contributed by atoms with Gasteiger partial charge in [-0.15, -0.1) is 12.1 Å². The van der Waals surface area contributed by atoms with Gasteiger partial charge in [0.2, 0.25) is 0 Å². The molecule has 0 aliphatic heterocycles. The summed E-state index contributed by atoms with van der Waals surface area (Å²) in [5.74, 6) is -0.254. The molecular weight excluding hydrogens is 289 g/mol. The number of aromatic nitrogens is 1. The van der Waals surface area contributed by atoms with Gasteiger partial charge >= 0.3 is 58.4 Å². The fourth-order valence-electron chi connectivity index (χ4n) is 1.16. The Bertz CT molecular complexity index is 524. The van der Waals surface area contributed by atoms with Crippen molar-refractivity contribution in [2.45, 2.75) is 5.22 Å². The minimum absolute atomic E-state index is 0. The molecule has 1 heterocycles. The van der Waals surface area contributed by atoms with Crippen molar-refractivity contribution >= 4 is 29.8 Å². The maximum atomic E-state index is 12.3. The first-order valence-corrected chi connectivity index (χ1v) is 5.81. The molecule has 18 heavy (non-hydrogen) atoms. The molecule has 0 saturated carbocycles. The first-order valence-electron chi connectivity index (χ1n) is 4.83. The zero-order valence-corrected chi connectivity index (χ0v) is 13.6. The monoisotopic (exact) mass is 297 g/mol. The van der Waals surface area contributed by atoms with Gasteiger partial charge in [0.1, 0.15) is 5.52 Å². The number of thioether (sulfide) groups is 1. The molecule has 2 rings (SSSR count). The summed E-state index contributed by atoms with van der Waals surface area (Å²) >= 11 is 0.899. The normalized spacial score (nSPS) is 11.3. The molecule has 0 aliphatic carbocycles. The van der Waals surface area contributed by atoms with Crippen molar-refractivity contribution in [3.63, 3.8) is 0 Å². The Labute approximate surface area is 149 Å². The van der Waals surface area contributed by atoms with E-state index in [0.717, 1.165) is 11.8 Å². The van der Waals surface area contributed by atoms with Crippen molar-refractivity contribution in [2.24, 2.45) is 0 Å².